The lowest BCUT2D eigenvalue weighted by Gasteiger charge is -2.60. The molecular formula is C30H46O4. The van der Waals surface area contributed by atoms with Crippen LogP contribution in [0.5, 0.6) is 0 Å². The Morgan fingerprint density at radius 3 is 2.41 bits per heavy atom. The maximum absolute atomic E-state index is 11.5. The minimum absolute atomic E-state index is 0.125. The van der Waals surface area contributed by atoms with Gasteiger partial charge in [-0.15, -0.1) is 0 Å². The highest BCUT2D eigenvalue weighted by molar-refractivity contribution is 5.85. The van der Waals surface area contributed by atoms with Gasteiger partial charge in [0.15, 0.2) is 0 Å². The summed E-state index contributed by atoms with van der Waals surface area (Å²) in [6.07, 6.45) is 12.9. The van der Waals surface area contributed by atoms with Gasteiger partial charge in [-0.05, 0) is 105 Å². The minimum atomic E-state index is -0.825. The summed E-state index contributed by atoms with van der Waals surface area (Å²) in [4.78, 5) is 22.7. The van der Waals surface area contributed by atoms with Crippen LogP contribution in [0.4, 0.5) is 0 Å². The number of fused-ring (bicyclic) bond motifs is 3. The molecule has 4 nitrogen and oxygen atoms in total. The molecule has 0 amide bonds. The molecule has 190 valence electrons. The lowest BCUT2D eigenvalue weighted by Crippen LogP contribution is -2.52. The summed E-state index contributed by atoms with van der Waals surface area (Å²) in [7, 11) is 0. The largest absolute Gasteiger partial charge is 0.481 e. The molecule has 2 N–H and O–H groups in total. The first-order valence-electron chi connectivity index (χ1n) is 13.3. The van der Waals surface area contributed by atoms with Crippen molar-refractivity contribution >= 4 is 11.9 Å². The van der Waals surface area contributed by atoms with Crippen LogP contribution < -0.4 is 0 Å². The van der Waals surface area contributed by atoms with Crippen LogP contribution in [0.25, 0.3) is 0 Å². The molecule has 2 fully saturated rings. The zero-order chi connectivity index (χ0) is 25.5. The Kier molecular flexibility index (Phi) is 7.60. The molecular weight excluding hydrogens is 424 g/mol. The van der Waals surface area contributed by atoms with E-state index in [4.69, 9.17) is 5.11 Å². The summed E-state index contributed by atoms with van der Waals surface area (Å²) in [6.45, 7) is 17.8. The van der Waals surface area contributed by atoms with E-state index in [1.54, 1.807) is 6.92 Å². The molecule has 34 heavy (non-hydrogen) atoms. The zero-order valence-electron chi connectivity index (χ0n) is 22.2. The highest BCUT2D eigenvalue weighted by atomic mass is 16.4. The normalized spacial score (nSPS) is 38.5. The summed E-state index contributed by atoms with van der Waals surface area (Å²) in [5.74, 6) is 0.491. The average Bonchev–Trinajstić information content (AvgIpc) is 3.03. The van der Waals surface area contributed by atoms with Crippen molar-refractivity contribution in [1.82, 2.24) is 0 Å². The molecule has 7 unspecified atom stereocenters. The Morgan fingerprint density at radius 1 is 1.15 bits per heavy atom. The van der Waals surface area contributed by atoms with Gasteiger partial charge in [-0.25, -0.2) is 4.79 Å². The molecule has 7 atom stereocenters. The number of hydrogen-bond donors (Lipinski definition) is 2. The maximum atomic E-state index is 11.5. The van der Waals surface area contributed by atoms with Crippen molar-refractivity contribution < 1.29 is 19.8 Å². The van der Waals surface area contributed by atoms with Gasteiger partial charge < -0.3 is 10.2 Å². The summed E-state index contributed by atoms with van der Waals surface area (Å²) >= 11 is 0. The predicted octanol–water partition coefficient (Wildman–Crippen LogP) is 7.66. The predicted molar refractivity (Wildman–Crippen MR) is 137 cm³/mol. The van der Waals surface area contributed by atoms with Crippen LogP contribution in [-0.2, 0) is 9.59 Å². The molecule has 0 aromatic rings. The van der Waals surface area contributed by atoms with Gasteiger partial charge in [-0.1, -0.05) is 57.6 Å². The van der Waals surface area contributed by atoms with Gasteiger partial charge in [-0.3, -0.25) is 4.79 Å². The Morgan fingerprint density at radius 2 is 1.82 bits per heavy atom. The van der Waals surface area contributed by atoms with Gasteiger partial charge in [0.25, 0.3) is 0 Å². The van der Waals surface area contributed by atoms with Gasteiger partial charge in [0.05, 0.1) is 0 Å². The van der Waals surface area contributed by atoms with Crippen LogP contribution in [0, 0.1) is 39.9 Å². The molecule has 0 aromatic carbocycles. The van der Waals surface area contributed by atoms with E-state index in [1.807, 2.05) is 6.08 Å². The van der Waals surface area contributed by atoms with E-state index in [-0.39, 0.29) is 22.7 Å². The van der Waals surface area contributed by atoms with Crippen molar-refractivity contribution in [3.05, 3.63) is 35.5 Å². The van der Waals surface area contributed by atoms with Crippen LogP contribution in [0.1, 0.15) is 99.3 Å². The van der Waals surface area contributed by atoms with E-state index in [9.17, 15) is 14.7 Å². The maximum Gasteiger partial charge on any atom is 0.330 e. The topological polar surface area (TPSA) is 74.6 Å². The van der Waals surface area contributed by atoms with Crippen molar-refractivity contribution in [1.29, 1.82) is 0 Å². The van der Waals surface area contributed by atoms with E-state index in [2.05, 4.69) is 47.3 Å². The molecule has 0 heterocycles. The fourth-order valence-electron chi connectivity index (χ4n) is 8.44. The van der Waals surface area contributed by atoms with Crippen LogP contribution in [-0.4, -0.2) is 22.2 Å². The number of hydrogen-bond acceptors (Lipinski definition) is 2. The first kappa shape index (κ1) is 26.8. The van der Waals surface area contributed by atoms with Crippen LogP contribution in [0.3, 0.4) is 0 Å². The standard InChI is InChI=1S/C30H46O4/c1-19(2)22-11-12-25-24(28(22,5)16-15-26(31)32)14-18-29(6)23(13-17-30(25,29)7)20(3)9-8-10-21(4)27(33)34/h10,14,20,22-23,25H,1,8-9,11-13,15-18H2,2-7H3,(H,31,32)(H,33,34)/b21-10+. The van der Waals surface area contributed by atoms with Crippen molar-refractivity contribution in [2.24, 2.45) is 39.9 Å². The lowest BCUT2D eigenvalue weighted by atomic mass is 9.44. The summed E-state index contributed by atoms with van der Waals surface area (Å²) in [5.41, 5.74) is 3.45. The monoisotopic (exact) mass is 470 g/mol. The SMILES string of the molecule is C=C(C)C1CCC2C(=CCC3(C)C(C(C)CC/C=C(\C)C(=O)O)CCC23C)C1(C)CCC(=O)O. The number of rotatable bonds is 9. The molecule has 4 heteroatoms. The quantitative estimate of drug-likeness (QED) is 0.268. The smallest absolute Gasteiger partial charge is 0.330 e. The first-order valence-corrected chi connectivity index (χ1v) is 13.3. The molecule has 0 aliphatic heterocycles. The second-order valence-electron chi connectivity index (χ2n) is 12.4. The number of carbonyl (C=O) groups is 2. The lowest BCUT2D eigenvalue weighted by molar-refractivity contribution is -0.138. The molecule has 3 aliphatic carbocycles. The Bertz CT molecular complexity index is 897. The van der Waals surface area contributed by atoms with Crippen LogP contribution in [0.2, 0.25) is 0 Å². The third-order valence-electron chi connectivity index (χ3n) is 10.7. The first-order chi connectivity index (χ1) is 15.8. The molecule has 2 saturated carbocycles. The van der Waals surface area contributed by atoms with Gasteiger partial charge in [0.1, 0.15) is 0 Å². The molecule has 0 saturated heterocycles. The van der Waals surface area contributed by atoms with E-state index in [1.165, 1.54) is 30.4 Å². The second kappa shape index (κ2) is 9.66. The second-order valence-corrected chi connectivity index (χ2v) is 12.4. The van der Waals surface area contributed by atoms with Crippen molar-refractivity contribution in [2.45, 2.75) is 99.3 Å². The number of allylic oxidation sites excluding steroid dienone is 4. The van der Waals surface area contributed by atoms with Gasteiger partial charge >= 0.3 is 11.9 Å². The van der Waals surface area contributed by atoms with Crippen LogP contribution >= 0.6 is 0 Å². The third kappa shape index (κ3) is 4.42. The van der Waals surface area contributed by atoms with Gasteiger partial charge in [0.2, 0.25) is 0 Å². The molecule has 0 radical (unpaired) electrons. The number of carboxylic acids is 2. The van der Waals surface area contributed by atoms with E-state index in [0.29, 0.717) is 35.7 Å². The zero-order valence-corrected chi connectivity index (χ0v) is 22.2. The Labute approximate surface area is 206 Å². The highest BCUT2D eigenvalue weighted by Gasteiger charge is 2.63. The Hall–Kier alpha value is -1.84. The average molecular weight is 471 g/mol. The molecule has 0 bridgehead atoms. The fourth-order valence-corrected chi connectivity index (χ4v) is 8.44. The minimum Gasteiger partial charge on any atom is -0.481 e. The van der Waals surface area contributed by atoms with Gasteiger partial charge in [-0.2, -0.15) is 0 Å². The molecule has 0 aromatic heterocycles. The summed E-state index contributed by atoms with van der Waals surface area (Å²) in [5, 5.41) is 18.6. The van der Waals surface area contributed by atoms with Crippen LogP contribution in [0.15, 0.2) is 35.5 Å². The van der Waals surface area contributed by atoms with E-state index < -0.39 is 11.9 Å². The molecule has 3 rings (SSSR count). The van der Waals surface area contributed by atoms with E-state index in [0.717, 1.165) is 25.7 Å². The molecule has 0 spiro atoms. The number of carboxylic acid groups (broad SMARTS) is 2. The highest BCUT2D eigenvalue weighted by Crippen LogP contribution is 2.71. The Balaban J connectivity index is 1.89. The van der Waals surface area contributed by atoms with Crippen molar-refractivity contribution in [3.63, 3.8) is 0 Å². The molecule has 3 aliphatic rings. The number of aliphatic carboxylic acids is 2. The van der Waals surface area contributed by atoms with E-state index >= 15 is 0 Å². The third-order valence-corrected chi connectivity index (χ3v) is 10.7. The van der Waals surface area contributed by atoms with Crippen molar-refractivity contribution in [3.8, 4) is 0 Å². The fraction of sp³-hybridized carbons (Fsp3) is 0.733. The van der Waals surface area contributed by atoms with Gasteiger partial charge in [0, 0.05) is 12.0 Å². The summed E-state index contributed by atoms with van der Waals surface area (Å²) in [6, 6.07) is 0. The van der Waals surface area contributed by atoms with Crippen molar-refractivity contribution in [2.75, 3.05) is 0 Å². The summed E-state index contributed by atoms with van der Waals surface area (Å²) < 4.78 is 0.